The molecule has 1 aliphatic carbocycles. The van der Waals surface area contributed by atoms with Crippen molar-refractivity contribution >= 4 is 22.8 Å². The van der Waals surface area contributed by atoms with Gasteiger partial charge in [0.2, 0.25) is 5.95 Å². The van der Waals surface area contributed by atoms with Gasteiger partial charge in [-0.15, -0.1) is 0 Å². The first-order valence-corrected chi connectivity index (χ1v) is 8.61. The van der Waals surface area contributed by atoms with E-state index in [1.54, 1.807) is 6.20 Å². The number of nitrogens with two attached hydrogens (primary N) is 1. The minimum atomic E-state index is 0.205. The number of nitrogen functional groups attached to an aromatic ring is 1. The molecule has 25 heavy (non-hydrogen) atoms. The van der Waals surface area contributed by atoms with Crippen molar-refractivity contribution in [2.45, 2.75) is 37.6 Å². The summed E-state index contributed by atoms with van der Waals surface area (Å²) in [4.78, 5) is 11.5. The molecule has 1 aromatic carbocycles. The minimum absolute atomic E-state index is 0.205. The van der Waals surface area contributed by atoms with Gasteiger partial charge in [-0.1, -0.05) is 36.8 Å². The lowest BCUT2D eigenvalue weighted by Gasteiger charge is -2.30. The summed E-state index contributed by atoms with van der Waals surface area (Å²) < 4.78 is 0. The summed E-state index contributed by atoms with van der Waals surface area (Å²) in [5.74, 6) is 1.40. The van der Waals surface area contributed by atoms with E-state index >= 15 is 0 Å². The van der Waals surface area contributed by atoms with E-state index in [9.17, 15) is 5.26 Å². The molecule has 0 aliphatic heterocycles. The van der Waals surface area contributed by atoms with Crippen molar-refractivity contribution in [2.24, 2.45) is 0 Å². The number of nitrogens with zero attached hydrogens (tertiary/aromatic N) is 3. The van der Waals surface area contributed by atoms with Crippen LogP contribution in [0.1, 0.15) is 42.7 Å². The third kappa shape index (κ3) is 3.01. The molecule has 0 amide bonds. The second kappa shape index (κ2) is 6.44. The Morgan fingerprint density at radius 1 is 1.20 bits per heavy atom. The molecule has 0 bridgehead atoms. The van der Waals surface area contributed by atoms with E-state index in [1.807, 2.05) is 0 Å². The number of benzene rings is 1. The maximum absolute atomic E-state index is 9.33. The number of nitrogens with one attached hydrogen (secondary N) is 2. The highest BCUT2D eigenvalue weighted by Gasteiger charge is 2.24. The highest BCUT2D eigenvalue weighted by Crippen LogP contribution is 2.35. The first-order chi connectivity index (χ1) is 12.2. The summed E-state index contributed by atoms with van der Waals surface area (Å²) in [7, 11) is 0. The molecule has 1 fully saturated rings. The fraction of sp³-hybridized carbons (Fsp3) is 0.316. The molecule has 6 heteroatoms. The van der Waals surface area contributed by atoms with Crippen LogP contribution in [0.15, 0.2) is 36.5 Å². The second-order valence-electron chi connectivity index (χ2n) is 6.58. The van der Waals surface area contributed by atoms with Crippen LogP contribution in [0.25, 0.3) is 11.0 Å². The summed E-state index contributed by atoms with van der Waals surface area (Å²) in [5, 5.41) is 13.6. The van der Waals surface area contributed by atoms with Gasteiger partial charge in [-0.3, -0.25) is 0 Å². The summed E-state index contributed by atoms with van der Waals surface area (Å²) in [6, 6.07) is 13.1. The average Bonchev–Trinajstić information content (AvgIpc) is 3.06. The molecular weight excluding hydrogens is 312 g/mol. The van der Waals surface area contributed by atoms with Gasteiger partial charge < -0.3 is 16.0 Å². The second-order valence-corrected chi connectivity index (χ2v) is 6.58. The molecule has 4 rings (SSSR count). The van der Waals surface area contributed by atoms with Crippen molar-refractivity contribution in [3.05, 3.63) is 47.7 Å². The number of fused-ring (bicyclic) bond motifs is 1. The van der Waals surface area contributed by atoms with Crippen molar-refractivity contribution in [3.63, 3.8) is 0 Å². The van der Waals surface area contributed by atoms with Gasteiger partial charge >= 0.3 is 0 Å². The van der Waals surface area contributed by atoms with Gasteiger partial charge in [-0.05, 0) is 30.7 Å². The first kappa shape index (κ1) is 15.5. The van der Waals surface area contributed by atoms with E-state index in [1.165, 1.54) is 18.4 Å². The summed E-state index contributed by atoms with van der Waals surface area (Å²) in [6.45, 7) is 0. The van der Waals surface area contributed by atoms with Crippen LogP contribution in [0.4, 0.5) is 11.8 Å². The predicted molar refractivity (Wildman–Crippen MR) is 98.1 cm³/mol. The molecule has 3 aromatic rings. The molecule has 126 valence electrons. The lowest BCUT2D eigenvalue weighted by atomic mass is 9.81. The quantitative estimate of drug-likeness (QED) is 0.680. The molecule has 0 saturated heterocycles. The van der Waals surface area contributed by atoms with Crippen LogP contribution in [0.2, 0.25) is 0 Å². The zero-order chi connectivity index (χ0) is 17.2. The molecule has 4 N–H and O–H groups in total. The third-order valence-electron chi connectivity index (χ3n) is 4.96. The lowest BCUT2D eigenvalue weighted by Crippen LogP contribution is -2.27. The van der Waals surface area contributed by atoms with E-state index in [2.05, 4.69) is 56.7 Å². The van der Waals surface area contributed by atoms with E-state index in [0.29, 0.717) is 29.0 Å². The van der Waals surface area contributed by atoms with Crippen LogP contribution in [0.5, 0.6) is 0 Å². The highest BCUT2D eigenvalue weighted by molar-refractivity contribution is 5.93. The maximum Gasteiger partial charge on any atom is 0.223 e. The van der Waals surface area contributed by atoms with E-state index in [-0.39, 0.29) is 5.95 Å². The number of aromatic nitrogens is 3. The van der Waals surface area contributed by atoms with Gasteiger partial charge in [0.1, 0.15) is 17.5 Å². The Balaban J connectivity index is 1.61. The van der Waals surface area contributed by atoms with E-state index < -0.39 is 0 Å². The van der Waals surface area contributed by atoms with Crippen LogP contribution in [0, 0.1) is 11.3 Å². The largest absolute Gasteiger partial charge is 0.368 e. The fourth-order valence-electron chi connectivity index (χ4n) is 3.79. The summed E-state index contributed by atoms with van der Waals surface area (Å²) in [5.41, 5.74) is 8.36. The SMILES string of the molecule is N#Cc1c[nH]c2nc(N)nc(N[C@@H]3CCC[C@H](c4ccccc4)C3)c12. The fourth-order valence-corrected chi connectivity index (χ4v) is 3.79. The number of anilines is 2. The molecule has 0 unspecified atom stereocenters. The van der Waals surface area contributed by atoms with Crippen LogP contribution in [-0.2, 0) is 0 Å². The first-order valence-electron chi connectivity index (χ1n) is 8.61. The smallest absolute Gasteiger partial charge is 0.223 e. The number of hydrogen-bond acceptors (Lipinski definition) is 5. The Morgan fingerprint density at radius 3 is 2.84 bits per heavy atom. The van der Waals surface area contributed by atoms with Gasteiger partial charge in [-0.25, -0.2) is 0 Å². The molecule has 2 aromatic heterocycles. The average molecular weight is 332 g/mol. The topological polar surface area (TPSA) is 103 Å². The lowest BCUT2D eigenvalue weighted by molar-refractivity contribution is 0.410. The third-order valence-corrected chi connectivity index (χ3v) is 4.96. The highest BCUT2D eigenvalue weighted by atomic mass is 15.1. The monoisotopic (exact) mass is 332 g/mol. The molecule has 0 spiro atoms. The molecule has 0 radical (unpaired) electrons. The Bertz CT molecular complexity index is 924. The van der Waals surface area contributed by atoms with Crippen molar-refractivity contribution in [2.75, 3.05) is 11.1 Å². The van der Waals surface area contributed by atoms with Crippen molar-refractivity contribution < 1.29 is 0 Å². The molecule has 2 atom stereocenters. The van der Waals surface area contributed by atoms with E-state index in [0.717, 1.165) is 18.2 Å². The zero-order valence-corrected chi connectivity index (χ0v) is 13.9. The summed E-state index contributed by atoms with van der Waals surface area (Å²) >= 11 is 0. The Labute approximate surface area is 146 Å². The van der Waals surface area contributed by atoms with Crippen LogP contribution >= 0.6 is 0 Å². The zero-order valence-electron chi connectivity index (χ0n) is 13.9. The molecule has 1 aliphatic rings. The number of H-pyrrole nitrogens is 1. The molecular formula is C19H20N6. The van der Waals surface area contributed by atoms with Gasteiger partial charge in [0.25, 0.3) is 0 Å². The Morgan fingerprint density at radius 2 is 2.04 bits per heavy atom. The van der Waals surface area contributed by atoms with E-state index in [4.69, 9.17) is 5.73 Å². The number of rotatable bonds is 3. The standard InChI is InChI=1S/C19H20N6/c20-10-14-11-22-17-16(14)18(25-19(21)24-17)23-15-8-4-7-13(9-15)12-5-2-1-3-6-12/h1-3,5-6,11,13,15H,4,7-9H2,(H4,21,22,23,24,25)/t13-,15+/m0/s1. The van der Waals surface area contributed by atoms with Crippen molar-refractivity contribution in [3.8, 4) is 6.07 Å². The van der Waals surface area contributed by atoms with Crippen molar-refractivity contribution in [1.82, 2.24) is 15.0 Å². The van der Waals surface area contributed by atoms with Crippen LogP contribution in [-0.4, -0.2) is 21.0 Å². The molecule has 1 saturated carbocycles. The molecule has 6 nitrogen and oxygen atoms in total. The van der Waals surface area contributed by atoms with Gasteiger partial charge in [0.15, 0.2) is 0 Å². The van der Waals surface area contributed by atoms with Gasteiger partial charge in [-0.2, -0.15) is 15.2 Å². The maximum atomic E-state index is 9.33. The van der Waals surface area contributed by atoms with Crippen LogP contribution in [0.3, 0.4) is 0 Å². The Hall–Kier alpha value is -3.07. The molecule has 2 heterocycles. The Kier molecular flexibility index (Phi) is 3.98. The predicted octanol–water partition coefficient (Wildman–Crippen LogP) is 3.55. The minimum Gasteiger partial charge on any atom is -0.368 e. The number of nitriles is 1. The van der Waals surface area contributed by atoms with Gasteiger partial charge in [0, 0.05) is 12.2 Å². The van der Waals surface area contributed by atoms with Crippen molar-refractivity contribution in [1.29, 1.82) is 5.26 Å². The van der Waals surface area contributed by atoms with Crippen LogP contribution < -0.4 is 11.1 Å². The normalized spacial score (nSPS) is 20.3. The number of hydrogen-bond donors (Lipinski definition) is 3. The number of aromatic amines is 1. The van der Waals surface area contributed by atoms with Gasteiger partial charge in [0.05, 0.1) is 10.9 Å². The summed E-state index contributed by atoms with van der Waals surface area (Å²) in [6.07, 6.45) is 6.15.